The van der Waals surface area contributed by atoms with E-state index in [2.05, 4.69) is 4.98 Å². The molecule has 2 N–H and O–H groups in total. The molecule has 1 aromatic rings. The van der Waals surface area contributed by atoms with Crippen molar-refractivity contribution in [1.82, 2.24) is 4.98 Å². The van der Waals surface area contributed by atoms with Crippen LogP contribution < -0.4 is 5.73 Å². The van der Waals surface area contributed by atoms with Gasteiger partial charge in [0.25, 0.3) is 0 Å². The molecule has 2 nitrogen and oxygen atoms in total. The van der Waals surface area contributed by atoms with E-state index in [-0.39, 0.29) is 12.5 Å². The number of hydrogen-bond donors (Lipinski definition) is 1. The van der Waals surface area contributed by atoms with E-state index < -0.39 is 12.6 Å². The molecule has 0 fully saturated rings. The Hall–Kier alpha value is -1.10. The Labute approximate surface area is 86.3 Å². The molecule has 84 valence electrons. The first-order valence-corrected chi connectivity index (χ1v) is 4.65. The SMILES string of the molecule is CC(N)c1ccc(CCC(F)(F)F)nc1. The zero-order chi connectivity index (χ0) is 11.5. The van der Waals surface area contributed by atoms with Crippen molar-refractivity contribution in [1.29, 1.82) is 0 Å². The van der Waals surface area contributed by atoms with Crippen LogP contribution in [0.4, 0.5) is 13.2 Å². The molecule has 0 amide bonds. The number of aromatic nitrogens is 1. The van der Waals surface area contributed by atoms with Crippen molar-refractivity contribution in [3.63, 3.8) is 0 Å². The van der Waals surface area contributed by atoms with E-state index in [9.17, 15) is 13.2 Å². The smallest absolute Gasteiger partial charge is 0.324 e. The Morgan fingerprint density at radius 1 is 1.40 bits per heavy atom. The monoisotopic (exact) mass is 218 g/mol. The fourth-order valence-electron chi connectivity index (χ4n) is 1.12. The highest BCUT2D eigenvalue weighted by Gasteiger charge is 2.26. The van der Waals surface area contributed by atoms with Crippen molar-refractivity contribution in [2.24, 2.45) is 5.73 Å². The third-order valence-electron chi connectivity index (χ3n) is 2.04. The maximum absolute atomic E-state index is 11.9. The van der Waals surface area contributed by atoms with E-state index in [4.69, 9.17) is 5.73 Å². The number of nitrogens with two attached hydrogens (primary N) is 1. The lowest BCUT2D eigenvalue weighted by Gasteiger charge is -2.07. The van der Waals surface area contributed by atoms with Crippen LogP contribution in [0.1, 0.15) is 30.6 Å². The summed E-state index contributed by atoms with van der Waals surface area (Å²) >= 11 is 0. The third kappa shape index (κ3) is 4.29. The van der Waals surface area contributed by atoms with Crippen LogP contribution in [-0.4, -0.2) is 11.2 Å². The second-order valence-electron chi connectivity index (χ2n) is 3.49. The van der Waals surface area contributed by atoms with Crippen molar-refractivity contribution in [2.45, 2.75) is 32.0 Å². The van der Waals surface area contributed by atoms with Crippen molar-refractivity contribution in [3.05, 3.63) is 29.6 Å². The normalized spacial score (nSPS) is 13.9. The van der Waals surface area contributed by atoms with Gasteiger partial charge in [0, 0.05) is 24.4 Å². The topological polar surface area (TPSA) is 38.9 Å². The molecule has 0 saturated heterocycles. The number of hydrogen-bond acceptors (Lipinski definition) is 2. The maximum Gasteiger partial charge on any atom is 0.389 e. The minimum atomic E-state index is -4.12. The molecule has 5 heteroatoms. The number of pyridine rings is 1. The Kier molecular flexibility index (Phi) is 3.68. The molecular formula is C10H13F3N2. The molecule has 0 bridgehead atoms. The van der Waals surface area contributed by atoms with Crippen LogP contribution in [0.5, 0.6) is 0 Å². The van der Waals surface area contributed by atoms with Gasteiger partial charge in [-0.05, 0) is 25.0 Å². The van der Waals surface area contributed by atoms with Crippen molar-refractivity contribution in [2.75, 3.05) is 0 Å². The van der Waals surface area contributed by atoms with Crippen molar-refractivity contribution < 1.29 is 13.2 Å². The predicted molar refractivity (Wildman–Crippen MR) is 51.2 cm³/mol. The average molecular weight is 218 g/mol. The summed E-state index contributed by atoms with van der Waals surface area (Å²) < 4.78 is 35.7. The van der Waals surface area contributed by atoms with E-state index >= 15 is 0 Å². The van der Waals surface area contributed by atoms with Gasteiger partial charge in [0.15, 0.2) is 0 Å². The van der Waals surface area contributed by atoms with E-state index in [1.54, 1.807) is 19.1 Å². The van der Waals surface area contributed by atoms with Crippen LogP contribution in [0.15, 0.2) is 18.3 Å². The van der Waals surface area contributed by atoms with Crippen LogP contribution in [-0.2, 0) is 6.42 Å². The fraction of sp³-hybridized carbons (Fsp3) is 0.500. The molecule has 1 heterocycles. The van der Waals surface area contributed by atoms with Gasteiger partial charge < -0.3 is 5.73 Å². The minimum absolute atomic E-state index is 0.0806. The van der Waals surface area contributed by atoms with Gasteiger partial charge in [0.2, 0.25) is 0 Å². The zero-order valence-electron chi connectivity index (χ0n) is 8.38. The van der Waals surface area contributed by atoms with Crippen molar-refractivity contribution >= 4 is 0 Å². The summed E-state index contributed by atoms with van der Waals surface area (Å²) in [7, 11) is 0. The standard InChI is InChI=1S/C10H13F3N2/c1-7(14)8-2-3-9(15-6-8)4-5-10(11,12)13/h2-3,6-7H,4-5,14H2,1H3. The summed E-state index contributed by atoms with van der Waals surface area (Å²) in [5.41, 5.74) is 6.85. The molecule has 0 aliphatic carbocycles. The van der Waals surface area contributed by atoms with Crippen molar-refractivity contribution in [3.8, 4) is 0 Å². The van der Waals surface area contributed by atoms with Gasteiger partial charge in [-0.3, -0.25) is 4.98 Å². The molecular weight excluding hydrogens is 205 g/mol. The van der Waals surface area contributed by atoms with E-state index in [1.165, 1.54) is 6.20 Å². The lowest BCUT2D eigenvalue weighted by atomic mass is 10.1. The van der Waals surface area contributed by atoms with E-state index in [0.29, 0.717) is 5.69 Å². The first-order chi connectivity index (χ1) is 6.88. The molecule has 0 spiro atoms. The molecule has 1 rings (SSSR count). The molecule has 1 aromatic heterocycles. The predicted octanol–water partition coefficient (Wildman–Crippen LogP) is 2.60. The molecule has 0 saturated carbocycles. The van der Waals surface area contributed by atoms with Gasteiger partial charge in [0.1, 0.15) is 0 Å². The van der Waals surface area contributed by atoms with Gasteiger partial charge in [0.05, 0.1) is 0 Å². The van der Waals surface area contributed by atoms with E-state index in [0.717, 1.165) is 5.56 Å². The Balaban J connectivity index is 2.57. The Morgan fingerprint density at radius 2 is 2.07 bits per heavy atom. The molecule has 0 aliphatic heterocycles. The number of halogens is 3. The van der Waals surface area contributed by atoms with Gasteiger partial charge in [-0.25, -0.2) is 0 Å². The summed E-state index contributed by atoms with van der Waals surface area (Å²) in [4.78, 5) is 3.92. The Bertz CT molecular complexity index is 303. The number of rotatable bonds is 3. The number of aryl methyl sites for hydroxylation is 1. The number of alkyl halides is 3. The molecule has 15 heavy (non-hydrogen) atoms. The summed E-state index contributed by atoms with van der Waals surface area (Å²) in [6.07, 6.45) is -3.52. The van der Waals surface area contributed by atoms with Gasteiger partial charge >= 0.3 is 6.18 Å². The Morgan fingerprint density at radius 3 is 2.47 bits per heavy atom. The summed E-state index contributed by atoms with van der Waals surface area (Å²) in [6, 6.07) is 3.16. The lowest BCUT2D eigenvalue weighted by Crippen LogP contribution is -2.10. The fourth-order valence-corrected chi connectivity index (χ4v) is 1.12. The summed E-state index contributed by atoms with van der Waals surface area (Å²) in [6.45, 7) is 1.80. The largest absolute Gasteiger partial charge is 0.389 e. The summed E-state index contributed by atoms with van der Waals surface area (Å²) in [5.74, 6) is 0. The average Bonchev–Trinajstić information content (AvgIpc) is 2.14. The first-order valence-electron chi connectivity index (χ1n) is 4.65. The van der Waals surface area contributed by atoms with Crippen LogP contribution >= 0.6 is 0 Å². The van der Waals surface area contributed by atoms with Crippen LogP contribution in [0.2, 0.25) is 0 Å². The lowest BCUT2D eigenvalue weighted by molar-refractivity contribution is -0.134. The zero-order valence-corrected chi connectivity index (χ0v) is 8.38. The second-order valence-corrected chi connectivity index (χ2v) is 3.49. The summed E-state index contributed by atoms with van der Waals surface area (Å²) in [5, 5.41) is 0. The van der Waals surface area contributed by atoms with Crippen LogP contribution in [0, 0.1) is 0 Å². The second kappa shape index (κ2) is 4.61. The van der Waals surface area contributed by atoms with Gasteiger partial charge in [-0.1, -0.05) is 6.07 Å². The van der Waals surface area contributed by atoms with Crippen LogP contribution in [0.3, 0.4) is 0 Å². The molecule has 0 aromatic carbocycles. The molecule has 1 atom stereocenters. The maximum atomic E-state index is 11.9. The third-order valence-corrected chi connectivity index (χ3v) is 2.04. The highest BCUT2D eigenvalue weighted by atomic mass is 19.4. The van der Waals surface area contributed by atoms with Gasteiger partial charge in [-0.15, -0.1) is 0 Å². The molecule has 1 unspecified atom stereocenters. The van der Waals surface area contributed by atoms with Gasteiger partial charge in [-0.2, -0.15) is 13.2 Å². The highest BCUT2D eigenvalue weighted by molar-refractivity contribution is 5.16. The quantitative estimate of drug-likeness (QED) is 0.846. The van der Waals surface area contributed by atoms with E-state index in [1.807, 2.05) is 0 Å². The molecule has 0 radical (unpaired) electrons. The number of nitrogens with zero attached hydrogens (tertiary/aromatic N) is 1. The first kappa shape index (κ1) is 12.0. The highest BCUT2D eigenvalue weighted by Crippen LogP contribution is 2.21. The van der Waals surface area contributed by atoms with Crippen LogP contribution in [0.25, 0.3) is 0 Å². The minimum Gasteiger partial charge on any atom is -0.324 e. The molecule has 0 aliphatic rings.